The second kappa shape index (κ2) is 9.03. The van der Waals surface area contributed by atoms with Gasteiger partial charge in [-0.1, -0.05) is 12.1 Å². The number of nitrogens with zero attached hydrogens (tertiary/aromatic N) is 3. The van der Waals surface area contributed by atoms with Gasteiger partial charge in [0.05, 0.1) is 29.6 Å². The number of ether oxygens (including phenoxy) is 1. The maximum absolute atomic E-state index is 12.3. The lowest BCUT2D eigenvalue weighted by Crippen LogP contribution is -2.42. The first-order chi connectivity index (χ1) is 13.0. The second-order valence-electron chi connectivity index (χ2n) is 6.44. The number of hydrogen-bond donors (Lipinski definition) is 1. The molecule has 3 rings (SSSR count). The van der Waals surface area contributed by atoms with Crippen molar-refractivity contribution in [2.45, 2.75) is 13.8 Å². The molecule has 2 aromatic rings. The van der Waals surface area contributed by atoms with Gasteiger partial charge in [-0.05, 0) is 49.4 Å². The van der Waals surface area contributed by atoms with E-state index in [1.807, 2.05) is 26.1 Å². The molecular formula is C20H24N4O2S. The van der Waals surface area contributed by atoms with Crippen LogP contribution in [0.3, 0.4) is 0 Å². The van der Waals surface area contributed by atoms with Crippen LogP contribution in [-0.2, 0) is 9.53 Å². The number of hydrogen-bond acceptors (Lipinski definition) is 6. The van der Waals surface area contributed by atoms with Crippen molar-refractivity contribution in [1.29, 1.82) is 0 Å². The van der Waals surface area contributed by atoms with Gasteiger partial charge < -0.3 is 10.1 Å². The molecule has 0 bridgehead atoms. The zero-order valence-electron chi connectivity index (χ0n) is 15.7. The Morgan fingerprint density at radius 2 is 2.19 bits per heavy atom. The number of rotatable bonds is 6. The second-order valence-corrected chi connectivity index (χ2v) is 7.67. The van der Waals surface area contributed by atoms with Gasteiger partial charge in [0, 0.05) is 19.3 Å². The minimum Gasteiger partial charge on any atom is -0.379 e. The maximum Gasteiger partial charge on any atom is 0.239 e. The van der Waals surface area contributed by atoms with E-state index in [4.69, 9.17) is 4.74 Å². The number of aryl methyl sites for hydroxylation is 2. The first kappa shape index (κ1) is 19.4. The van der Waals surface area contributed by atoms with Crippen molar-refractivity contribution >= 4 is 30.0 Å². The van der Waals surface area contributed by atoms with Crippen molar-refractivity contribution in [1.82, 2.24) is 15.2 Å². The fourth-order valence-corrected chi connectivity index (χ4v) is 3.63. The summed E-state index contributed by atoms with van der Waals surface area (Å²) in [4.78, 5) is 23.8. The molecule has 1 aliphatic heterocycles. The van der Waals surface area contributed by atoms with Crippen LogP contribution in [0.4, 0.5) is 0 Å². The van der Waals surface area contributed by atoms with Crippen LogP contribution in [0.1, 0.15) is 16.1 Å². The summed E-state index contributed by atoms with van der Waals surface area (Å²) in [6.45, 7) is 10.8. The number of aliphatic imine (C=N–C) groups is 1. The van der Waals surface area contributed by atoms with Crippen LogP contribution in [0.15, 0.2) is 35.2 Å². The summed E-state index contributed by atoms with van der Waals surface area (Å²) in [5, 5.41) is 3.89. The van der Waals surface area contributed by atoms with Gasteiger partial charge in [0.25, 0.3) is 0 Å². The summed E-state index contributed by atoms with van der Waals surface area (Å²) < 4.78 is 5.31. The van der Waals surface area contributed by atoms with Crippen molar-refractivity contribution in [3.05, 3.63) is 46.4 Å². The predicted molar refractivity (Wildman–Crippen MR) is 110 cm³/mol. The van der Waals surface area contributed by atoms with Gasteiger partial charge in [0.15, 0.2) is 0 Å². The third-order valence-electron chi connectivity index (χ3n) is 4.39. The summed E-state index contributed by atoms with van der Waals surface area (Å²) in [6, 6.07) is 6.23. The Morgan fingerprint density at radius 3 is 2.85 bits per heavy atom. The van der Waals surface area contributed by atoms with Crippen LogP contribution in [0.5, 0.6) is 0 Å². The van der Waals surface area contributed by atoms with Gasteiger partial charge in [0.1, 0.15) is 5.82 Å². The lowest BCUT2D eigenvalue weighted by Gasteiger charge is -2.25. The molecule has 1 N–H and O–H groups in total. The Kier molecular flexibility index (Phi) is 6.49. The average Bonchev–Trinajstić information content (AvgIpc) is 3.10. The summed E-state index contributed by atoms with van der Waals surface area (Å²) in [5.41, 5.74) is 3.19. The smallest absolute Gasteiger partial charge is 0.239 e. The highest BCUT2D eigenvalue weighted by Crippen LogP contribution is 2.28. The summed E-state index contributed by atoms with van der Waals surface area (Å²) >= 11 is 1.66. The Balaban J connectivity index is 1.74. The van der Waals surface area contributed by atoms with Crippen molar-refractivity contribution in [2.24, 2.45) is 4.99 Å². The molecule has 1 fully saturated rings. The van der Waals surface area contributed by atoms with Crippen molar-refractivity contribution in [3.63, 3.8) is 0 Å². The highest BCUT2D eigenvalue weighted by Gasteiger charge is 2.14. The molecule has 1 aliphatic rings. The average molecular weight is 385 g/mol. The minimum absolute atomic E-state index is 0.0950. The lowest BCUT2D eigenvalue weighted by molar-refractivity contribution is -0.122. The molecule has 6 nitrogen and oxygen atoms in total. The Hall–Kier alpha value is -2.35. The fourth-order valence-electron chi connectivity index (χ4n) is 2.86. The fraction of sp³-hybridized carbons (Fsp3) is 0.350. The minimum atomic E-state index is -0.0950. The number of nitrogens with one attached hydrogen (secondary N) is 1. The van der Waals surface area contributed by atoms with E-state index in [2.05, 4.69) is 45.1 Å². The van der Waals surface area contributed by atoms with E-state index in [0.717, 1.165) is 39.7 Å². The zero-order chi connectivity index (χ0) is 19.2. The van der Waals surface area contributed by atoms with E-state index >= 15 is 0 Å². The molecule has 0 unspecified atom stereocenters. The van der Waals surface area contributed by atoms with Gasteiger partial charge in [0.2, 0.25) is 5.91 Å². The normalized spacial score (nSPS) is 15.6. The summed E-state index contributed by atoms with van der Waals surface area (Å²) in [6.07, 6.45) is 3.74. The van der Waals surface area contributed by atoms with Crippen LogP contribution < -0.4 is 5.32 Å². The van der Waals surface area contributed by atoms with E-state index < -0.39 is 0 Å². The monoisotopic (exact) mass is 384 g/mol. The molecule has 0 atom stereocenters. The molecular weight excluding hydrogens is 360 g/mol. The Labute approximate surface area is 163 Å². The topological polar surface area (TPSA) is 66.8 Å². The molecule has 0 radical (unpaired) electrons. The van der Waals surface area contributed by atoms with Gasteiger partial charge in [-0.3, -0.25) is 9.69 Å². The molecule has 2 heterocycles. The van der Waals surface area contributed by atoms with Crippen LogP contribution >= 0.6 is 11.3 Å². The summed E-state index contributed by atoms with van der Waals surface area (Å²) in [5.74, 6) is 0.358. The SMILES string of the molecule is C=N/C(=C\c1cc(-c2cnc(C)s2)ccc1C)NC(=O)CN1CCOCC1. The number of carbonyl (C=O) groups excluding carboxylic acids is 1. The lowest BCUT2D eigenvalue weighted by atomic mass is 10.0. The van der Waals surface area contributed by atoms with E-state index in [0.29, 0.717) is 25.6 Å². The standard InChI is InChI=1S/C20H24N4O2S/c1-14-4-5-16(18-12-22-15(2)27-18)10-17(14)11-19(21-3)23-20(25)13-24-6-8-26-9-7-24/h4-5,10-12H,3,6-9,13H2,1-2H3,(H,23,25)/b19-11+. The largest absolute Gasteiger partial charge is 0.379 e. The van der Waals surface area contributed by atoms with Crippen molar-refractivity contribution in [2.75, 3.05) is 32.8 Å². The van der Waals surface area contributed by atoms with Crippen LogP contribution in [-0.4, -0.2) is 55.4 Å². The molecule has 0 saturated carbocycles. The van der Waals surface area contributed by atoms with Gasteiger partial charge in [-0.25, -0.2) is 9.98 Å². The molecule has 0 aliphatic carbocycles. The number of benzene rings is 1. The third kappa shape index (κ3) is 5.32. The summed E-state index contributed by atoms with van der Waals surface area (Å²) in [7, 11) is 0. The number of morpholine rings is 1. The van der Waals surface area contributed by atoms with Crippen LogP contribution in [0.2, 0.25) is 0 Å². The molecule has 1 amide bonds. The van der Waals surface area contributed by atoms with E-state index in [9.17, 15) is 4.79 Å². The Bertz CT molecular complexity index is 853. The third-order valence-corrected chi connectivity index (χ3v) is 5.35. The maximum atomic E-state index is 12.3. The van der Waals surface area contributed by atoms with Crippen molar-refractivity contribution in [3.8, 4) is 10.4 Å². The van der Waals surface area contributed by atoms with E-state index in [1.54, 1.807) is 11.3 Å². The molecule has 142 valence electrons. The molecule has 27 heavy (non-hydrogen) atoms. The predicted octanol–water partition coefficient (Wildman–Crippen LogP) is 2.87. The molecule has 1 saturated heterocycles. The number of aromatic nitrogens is 1. The number of thiazole rings is 1. The first-order valence-corrected chi connectivity index (χ1v) is 9.68. The Morgan fingerprint density at radius 1 is 1.41 bits per heavy atom. The molecule has 1 aromatic carbocycles. The van der Waals surface area contributed by atoms with Crippen molar-refractivity contribution < 1.29 is 9.53 Å². The van der Waals surface area contributed by atoms with Crippen LogP contribution in [0, 0.1) is 13.8 Å². The number of amides is 1. The van der Waals surface area contributed by atoms with Crippen LogP contribution in [0.25, 0.3) is 16.5 Å². The van der Waals surface area contributed by atoms with Gasteiger partial charge >= 0.3 is 0 Å². The molecule has 1 aromatic heterocycles. The molecule has 7 heteroatoms. The van der Waals surface area contributed by atoms with E-state index in [1.165, 1.54) is 0 Å². The highest BCUT2D eigenvalue weighted by atomic mass is 32.1. The highest BCUT2D eigenvalue weighted by molar-refractivity contribution is 7.15. The zero-order valence-corrected chi connectivity index (χ0v) is 16.5. The number of carbonyl (C=O) groups is 1. The van der Waals surface area contributed by atoms with Gasteiger partial charge in [-0.15, -0.1) is 11.3 Å². The quantitative estimate of drug-likeness (QED) is 0.778. The molecule has 0 spiro atoms. The first-order valence-electron chi connectivity index (χ1n) is 8.87. The van der Waals surface area contributed by atoms with E-state index in [-0.39, 0.29) is 5.91 Å². The van der Waals surface area contributed by atoms with Gasteiger partial charge in [-0.2, -0.15) is 0 Å².